The Labute approximate surface area is 121 Å². The number of anilines is 2. The highest BCUT2D eigenvalue weighted by Gasteiger charge is 2.20. The Bertz CT molecular complexity index is 626. The number of carboxylic acids is 1. The SMILES string of the molecule is O=C(O)c1ccnc(N2CCN(c3ccccn3)CC2)n1. The molecule has 1 aliphatic heterocycles. The van der Waals surface area contributed by atoms with Gasteiger partial charge >= 0.3 is 5.97 Å². The van der Waals surface area contributed by atoms with E-state index in [4.69, 9.17) is 5.11 Å². The second-order valence-corrected chi connectivity index (χ2v) is 4.71. The molecule has 0 atom stereocenters. The average Bonchev–Trinajstić information content (AvgIpc) is 2.56. The molecule has 0 aliphatic carbocycles. The van der Waals surface area contributed by atoms with Crippen molar-refractivity contribution in [3.8, 4) is 0 Å². The van der Waals surface area contributed by atoms with Crippen LogP contribution in [0.25, 0.3) is 0 Å². The van der Waals surface area contributed by atoms with Crippen molar-refractivity contribution in [1.29, 1.82) is 0 Å². The molecular formula is C14H15N5O2. The van der Waals surface area contributed by atoms with Crippen LogP contribution in [0.5, 0.6) is 0 Å². The molecule has 0 aromatic carbocycles. The van der Waals surface area contributed by atoms with Crippen molar-refractivity contribution >= 4 is 17.7 Å². The van der Waals surface area contributed by atoms with Gasteiger partial charge in [0.2, 0.25) is 5.95 Å². The molecule has 2 aromatic rings. The minimum atomic E-state index is -1.04. The Hall–Kier alpha value is -2.70. The van der Waals surface area contributed by atoms with Crippen LogP contribution in [0, 0.1) is 0 Å². The first-order chi connectivity index (χ1) is 10.2. The number of pyridine rings is 1. The molecule has 2 aromatic heterocycles. The van der Waals surface area contributed by atoms with E-state index in [1.807, 2.05) is 23.1 Å². The first kappa shape index (κ1) is 13.3. The van der Waals surface area contributed by atoms with Gasteiger partial charge in [-0.3, -0.25) is 0 Å². The number of hydrogen-bond acceptors (Lipinski definition) is 6. The quantitative estimate of drug-likeness (QED) is 0.897. The molecule has 1 aliphatic rings. The predicted octanol–water partition coefficient (Wildman–Crippen LogP) is 0.896. The van der Waals surface area contributed by atoms with Crippen LogP contribution in [-0.4, -0.2) is 52.2 Å². The first-order valence-corrected chi connectivity index (χ1v) is 6.71. The summed E-state index contributed by atoms with van der Waals surface area (Å²) in [7, 11) is 0. The molecule has 1 saturated heterocycles. The summed E-state index contributed by atoms with van der Waals surface area (Å²) in [6, 6.07) is 7.24. The lowest BCUT2D eigenvalue weighted by Crippen LogP contribution is -2.47. The largest absolute Gasteiger partial charge is 0.477 e. The maximum atomic E-state index is 10.9. The van der Waals surface area contributed by atoms with Crippen molar-refractivity contribution in [2.24, 2.45) is 0 Å². The fraction of sp³-hybridized carbons (Fsp3) is 0.286. The number of carbonyl (C=O) groups is 1. The summed E-state index contributed by atoms with van der Waals surface area (Å²) in [4.78, 5) is 27.7. The Balaban J connectivity index is 1.68. The van der Waals surface area contributed by atoms with Gasteiger partial charge in [-0.25, -0.2) is 19.7 Å². The third kappa shape index (κ3) is 2.91. The van der Waals surface area contributed by atoms with Crippen LogP contribution in [0.1, 0.15) is 10.5 Å². The number of aromatic nitrogens is 3. The zero-order chi connectivity index (χ0) is 14.7. The smallest absolute Gasteiger partial charge is 0.354 e. The highest BCUT2D eigenvalue weighted by Crippen LogP contribution is 2.15. The molecule has 0 amide bonds. The minimum absolute atomic E-state index is 0.0205. The van der Waals surface area contributed by atoms with E-state index in [0.717, 1.165) is 32.0 Å². The molecule has 1 fully saturated rings. The third-order valence-corrected chi connectivity index (χ3v) is 3.40. The second kappa shape index (κ2) is 5.74. The summed E-state index contributed by atoms with van der Waals surface area (Å²) >= 11 is 0. The molecule has 7 heteroatoms. The summed E-state index contributed by atoms with van der Waals surface area (Å²) < 4.78 is 0. The van der Waals surface area contributed by atoms with E-state index < -0.39 is 5.97 Å². The van der Waals surface area contributed by atoms with Crippen molar-refractivity contribution in [2.75, 3.05) is 36.0 Å². The topological polar surface area (TPSA) is 82.5 Å². The molecule has 0 spiro atoms. The van der Waals surface area contributed by atoms with Crippen LogP contribution in [0.3, 0.4) is 0 Å². The van der Waals surface area contributed by atoms with Gasteiger partial charge in [-0.05, 0) is 18.2 Å². The average molecular weight is 285 g/mol. The number of aromatic carboxylic acids is 1. The number of nitrogens with zero attached hydrogens (tertiary/aromatic N) is 5. The molecule has 3 heterocycles. The van der Waals surface area contributed by atoms with E-state index in [9.17, 15) is 4.79 Å². The molecular weight excluding hydrogens is 270 g/mol. The molecule has 0 unspecified atom stereocenters. The fourth-order valence-electron chi connectivity index (χ4n) is 2.30. The maximum Gasteiger partial charge on any atom is 0.354 e. The van der Waals surface area contributed by atoms with Crippen molar-refractivity contribution in [1.82, 2.24) is 15.0 Å². The fourth-order valence-corrected chi connectivity index (χ4v) is 2.30. The Morgan fingerprint density at radius 2 is 1.76 bits per heavy atom. The van der Waals surface area contributed by atoms with Gasteiger partial charge in [-0.15, -0.1) is 0 Å². The van der Waals surface area contributed by atoms with E-state index in [0.29, 0.717) is 5.95 Å². The molecule has 0 saturated carbocycles. The predicted molar refractivity (Wildman–Crippen MR) is 77.7 cm³/mol. The van der Waals surface area contributed by atoms with Crippen LogP contribution in [-0.2, 0) is 0 Å². The zero-order valence-corrected chi connectivity index (χ0v) is 11.4. The highest BCUT2D eigenvalue weighted by molar-refractivity contribution is 5.85. The summed E-state index contributed by atoms with van der Waals surface area (Å²) in [6.07, 6.45) is 3.26. The Morgan fingerprint density at radius 3 is 2.43 bits per heavy atom. The van der Waals surface area contributed by atoms with Crippen molar-refractivity contribution < 1.29 is 9.90 Å². The lowest BCUT2D eigenvalue weighted by atomic mass is 10.3. The molecule has 7 nitrogen and oxygen atoms in total. The van der Waals surface area contributed by atoms with Gasteiger partial charge in [0, 0.05) is 38.6 Å². The maximum absolute atomic E-state index is 10.9. The Kier molecular flexibility index (Phi) is 3.63. The summed E-state index contributed by atoms with van der Waals surface area (Å²) in [5.74, 6) is 0.388. The normalized spacial score (nSPS) is 15.0. The number of piperazine rings is 1. The minimum Gasteiger partial charge on any atom is -0.477 e. The van der Waals surface area contributed by atoms with Crippen molar-refractivity contribution in [3.63, 3.8) is 0 Å². The highest BCUT2D eigenvalue weighted by atomic mass is 16.4. The zero-order valence-electron chi connectivity index (χ0n) is 11.4. The molecule has 0 radical (unpaired) electrons. The standard InChI is InChI=1S/C14H15N5O2/c20-13(21)11-4-6-16-14(17-11)19-9-7-18(8-10-19)12-3-1-2-5-15-12/h1-6H,7-10H2,(H,20,21). The van der Waals surface area contributed by atoms with Gasteiger partial charge in [0.05, 0.1) is 0 Å². The van der Waals surface area contributed by atoms with E-state index in [-0.39, 0.29) is 5.69 Å². The monoisotopic (exact) mass is 285 g/mol. The third-order valence-electron chi connectivity index (χ3n) is 3.40. The molecule has 0 bridgehead atoms. The van der Waals surface area contributed by atoms with Gasteiger partial charge in [-0.1, -0.05) is 6.07 Å². The van der Waals surface area contributed by atoms with E-state index in [2.05, 4.69) is 19.9 Å². The van der Waals surface area contributed by atoms with Crippen LogP contribution in [0.2, 0.25) is 0 Å². The summed E-state index contributed by atoms with van der Waals surface area (Å²) in [6.45, 7) is 3.08. The van der Waals surface area contributed by atoms with Crippen molar-refractivity contribution in [2.45, 2.75) is 0 Å². The molecule has 108 valence electrons. The lowest BCUT2D eigenvalue weighted by Gasteiger charge is -2.35. The first-order valence-electron chi connectivity index (χ1n) is 6.71. The Morgan fingerprint density at radius 1 is 1.00 bits per heavy atom. The van der Waals surface area contributed by atoms with Gasteiger partial charge < -0.3 is 14.9 Å². The second-order valence-electron chi connectivity index (χ2n) is 4.71. The van der Waals surface area contributed by atoms with Gasteiger partial charge in [-0.2, -0.15) is 0 Å². The molecule has 21 heavy (non-hydrogen) atoms. The van der Waals surface area contributed by atoms with Gasteiger partial charge in [0.1, 0.15) is 5.82 Å². The van der Waals surface area contributed by atoms with Crippen LogP contribution in [0.15, 0.2) is 36.7 Å². The molecule has 3 rings (SSSR count). The van der Waals surface area contributed by atoms with Gasteiger partial charge in [0.15, 0.2) is 5.69 Å². The number of carboxylic acid groups (broad SMARTS) is 1. The molecule has 1 N–H and O–H groups in total. The number of hydrogen-bond donors (Lipinski definition) is 1. The van der Waals surface area contributed by atoms with E-state index in [1.165, 1.54) is 12.3 Å². The van der Waals surface area contributed by atoms with Gasteiger partial charge in [0.25, 0.3) is 0 Å². The summed E-state index contributed by atoms with van der Waals surface area (Å²) in [5.41, 5.74) is 0.0205. The van der Waals surface area contributed by atoms with E-state index in [1.54, 1.807) is 6.20 Å². The van der Waals surface area contributed by atoms with E-state index >= 15 is 0 Å². The van der Waals surface area contributed by atoms with Crippen LogP contribution in [0.4, 0.5) is 11.8 Å². The lowest BCUT2D eigenvalue weighted by molar-refractivity contribution is 0.0690. The number of rotatable bonds is 3. The van der Waals surface area contributed by atoms with Crippen LogP contribution < -0.4 is 9.80 Å². The summed E-state index contributed by atoms with van der Waals surface area (Å²) in [5, 5.41) is 8.97. The van der Waals surface area contributed by atoms with Crippen LogP contribution >= 0.6 is 0 Å². The van der Waals surface area contributed by atoms with Crippen molar-refractivity contribution in [3.05, 3.63) is 42.4 Å².